The van der Waals surface area contributed by atoms with Crippen molar-refractivity contribution in [3.05, 3.63) is 51.9 Å². The molecule has 1 fully saturated rings. The Labute approximate surface area is 252 Å². The summed E-state index contributed by atoms with van der Waals surface area (Å²) in [5.41, 5.74) is 0.559. The number of hydrogen-bond acceptors (Lipinski definition) is 11. The summed E-state index contributed by atoms with van der Waals surface area (Å²) < 4.78 is 59.8. The molecule has 2 aliphatic heterocycles. The van der Waals surface area contributed by atoms with Crippen LogP contribution in [0.25, 0.3) is 5.76 Å². The second kappa shape index (κ2) is 12.0. The third-order valence-electron chi connectivity index (χ3n) is 8.00. The van der Waals surface area contributed by atoms with E-state index in [1.54, 1.807) is 17.5 Å². The smallest absolute Gasteiger partial charge is 0.213 e. The Kier molecular flexibility index (Phi) is 8.90. The first-order valence-electron chi connectivity index (χ1n) is 13.9. The minimum atomic E-state index is -3.83. The van der Waals surface area contributed by atoms with Crippen LogP contribution in [0.1, 0.15) is 50.3 Å². The van der Waals surface area contributed by atoms with E-state index < -0.39 is 26.2 Å². The molecule has 5 rings (SSSR count). The molecular weight excluding hydrogens is 601 g/mol. The van der Waals surface area contributed by atoms with Gasteiger partial charge in [-0.1, -0.05) is 48.9 Å². The summed E-state index contributed by atoms with van der Waals surface area (Å²) in [5, 5.41) is 16.3. The Morgan fingerprint density at radius 3 is 2.67 bits per heavy atom. The monoisotopic (exact) mass is 638 g/mol. The summed E-state index contributed by atoms with van der Waals surface area (Å²) in [5.74, 6) is -0.482. The number of carbonyl (C=O) groups is 1. The number of nitrogens with zero attached hydrogens (tertiary/aromatic N) is 2. The van der Waals surface area contributed by atoms with E-state index in [1.165, 1.54) is 0 Å². The van der Waals surface area contributed by atoms with Gasteiger partial charge in [-0.15, -0.1) is 15.7 Å². The Morgan fingerprint density at radius 2 is 1.95 bits per heavy atom. The highest BCUT2D eigenvalue weighted by molar-refractivity contribution is 8.23. The van der Waals surface area contributed by atoms with Crippen LogP contribution < -0.4 is 10.0 Å². The number of rotatable bonds is 10. The molecule has 1 saturated heterocycles. The number of sulfonamides is 1. The number of nitrogens with one attached hydrogen (secondary N) is 2. The van der Waals surface area contributed by atoms with Gasteiger partial charge in [-0.25, -0.2) is 13.1 Å². The van der Waals surface area contributed by atoms with Crippen LogP contribution in [0.15, 0.2) is 44.5 Å². The molecule has 1 aliphatic carbocycles. The number of thiophene rings is 1. The Balaban J connectivity index is 1.39. The topological polar surface area (TPSA) is 161 Å². The summed E-state index contributed by atoms with van der Waals surface area (Å²) >= 11 is 1.15. The number of ketones is 1. The first-order chi connectivity index (χ1) is 19.8. The van der Waals surface area contributed by atoms with Crippen molar-refractivity contribution >= 4 is 54.5 Å². The molecule has 3 aliphatic rings. The molecule has 0 spiro atoms. The number of morpholine rings is 1. The van der Waals surface area contributed by atoms with E-state index >= 15 is 0 Å². The van der Waals surface area contributed by atoms with Gasteiger partial charge in [0.2, 0.25) is 10.0 Å². The van der Waals surface area contributed by atoms with Crippen LogP contribution in [0.3, 0.4) is 0 Å². The number of anilines is 1. The summed E-state index contributed by atoms with van der Waals surface area (Å²) in [6.45, 7) is 8.75. The summed E-state index contributed by atoms with van der Waals surface area (Å²) in [4.78, 5) is 16.2. The predicted molar refractivity (Wildman–Crippen MR) is 167 cm³/mol. The number of carbonyl (C=O) groups excluding carboxylic acids is 1. The average molecular weight is 639 g/mol. The van der Waals surface area contributed by atoms with E-state index in [9.17, 15) is 27.4 Å². The van der Waals surface area contributed by atoms with Crippen molar-refractivity contribution in [1.82, 2.24) is 9.62 Å². The van der Waals surface area contributed by atoms with Gasteiger partial charge in [0.1, 0.15) is 21.2 Å². The Hall–Kier alpha value is -2.30. The molecule has 3 heterocycles. The van der Waals surface area contributed by atoms with Crippen LogP contribution in [0, 0.1) is 5.92 Å². The number of ether oxygens (including phenoxy) is 1. The number of fused-ring (bicyclic) bond motifs is 2. The maximum atomic E-state index is 14.1. The van der Waals surface area contributed by atoms with Crippen LogP contribution in [-0.2, 0) is 31.5 Å². The molecule has 14 heteroatoms. The zero-order valence-corrected chi connectivity index (χ0v) is 26.4. The number of aliphatic hydroxyl groups is 1. The van der Waals surface area contributed by atoms with Gasteiger partial charge in [-0.05, 0) is 36.6 Å². The van der Waals surface area contributed by atoms with E-state index in [0.29, 0.717) is 61.3 Å². The van der Waals surface area contributed by atoms with Gasteiger partial charge in [0.25, 0.3) is 0 Å². The molecule has 0 unspecified atom stereocenters. The van der Waals surface area contributed by atoms with Crippen molar-refractivity contribution in [3.63, 3.8) is 0 Å². The third-order valence-corrected chi connectivity index (χ3v) is 11.8. The maximum Gasteiger partial charge on any atom is 0.213 e. The van der Waals surface area contributed by atoms with Crippen molar-refractivity contribution in [2.24, 2.45) is 10.3 Å². The fourth-order valence-corrected chi connectivity index (χ4v) is 9.19. The predicted octanol–water partition coefficient (Wildman–Crippen LogP) is 4.59. The lowest BCUT2D eigenvalue weighted by Crippen LogP contribution is -2.42. The minimum absolute atomic E-state index is 0.0819. The first kappa shape index (κ1) is 31.1. The highest BCUT2D eigenvalue weighted by atomic mass is 32.3. The fraction of sp³-hybridized carbons (Fsp3) is 0.500. The van der Waals surface area contributed by atoms with Crippen molar-refractivity contribution < 1.29 is 32.2 Å². The average Bonchev–Trinajstić information content (AvgIpc) is 3.38. The molecule has 5 N–H and O–H groups in total. The molecule has 0 amide bonds. The number of Topliss-reactive ketones (excluding diaryl/α,β-unsaturated/α-hetero) is 1. The number of amidine groups is 1. The van der Waals surface area contributed by atoms with E-state index in [1.807, 2.05) is 24.0 Å². The lowest BCUT2D eigenvalue weighted by Gasteiger charge is -2.38. The summed E-state index contributed by atoms with van der Waals surface area (Å²) in [6, 6.07) is 7.20. The molecule has 42 heavy (non-hydrogen) atoms. The minimum Gasteiger partial charge on any atom is -0.506 e. The second-order valence-electron chi connectivity index (χ2n) is 11.5. The quantitative estimate of drug-likeness (QED) is 0.251. The second-order valence-corrected chi connectivity index (χ2v) is 15.9. The fourth-order valence-electron chi connectivity index (χ4n) is 5.49. The number of aliphatic hydroxyl groups excluding tert-OH is 1. The number of hydrogen-bond donors (Lipinski definition) is 5. The lowest BCUT2D eigenvalue weighted by molar-refractivity contribution is -0.120. The van der Waals surface area contributed by atoms with Crippen molar-refractivity contribution in [3.8, 4) is 0 Å². The van der Waals surface area contributed by atoms with Gasteiger partial charge >= 0.3 is 0 Å². The standard InChI is InChI=1S/C28H38N4O7S3/c1-18(2)8-9-28(3)21-7-5-4-6-20(21)23(33)22(25(28)34)26-30-27-24(42(37,38)31-26)19(17-40-27)16-29-41(35,36)15-12-32-10-13-39-14-11-32/h4-7,17-18,29,33,37-38H,8-16H2,1-3H3,(H,30,31)/t28-/m1/s1. The lowest BCUT2D eigenvalue weighted by atomic mass is 9.66. The maximum absolute atomic E-state index is 14.1. The first-order valence-corrected chi connectivity index (χ1v) is 18.0. The number of benzene rings is 1. The normalized spacial score (nSPS) is 23.3. The molecule has 0 bridgehead atoms. The molecule has 1 aromatic heterocycles. The van der Waals surface area contributed by atoms with Crippen molar-refractivity contribution in [1.29, 1.82) is 0 Å². The van der Waals surface area contributed by atoms with Gasteiger partial charge in [0, 0.05) is 37.3 Å². The van der Waals surface area contributed by atoms with Gasteiger partial charge in [-0.3, -0.25) is 18.8 Å². The zero-order chi connectivity index (χ0) is 30.3. The van der Waals surface area contributed by atoms with Gasteiger partial charge in [0.15, 0.2) is 11.6 Å². The Morgan fingerprint density at radius 1 is 1.24 bits per heavy atom. The summed E-state index contributed by atoms with van der Waals surface area (Å²) in [6.07, 6.45) is 1.32. The molecule has 11 nitrogen and oxygen atoms in total. The Bertz CT molecular complexity index is 1530. The van der Waals surface area contributed by atoms with Gasteiger partial charge in [0.05, 0.1) is 24.4 Å². The van der Waals surface area contributed by atoms with E-state index in [2.05, 4.69) is 28.3 Å². The molecule has 230 valence electrons. The van der Waals surface area contributed by atoms with E-state index in [-0.39, 0.29) is 40.1 Å². The van der Waals surface area contributed by atoms with Gasteiger partial charge < -0.3 is 15.2 Å². The third kappa shape index (κ3) is 6.17. The van der Waals surface area contributed by atoms with Crippen LogP contribution >= 0.6 is 22.1 Å². The highest BCUT2D eigenvalue weighted by Gasteiger charge is 2.47. The zero-order valence-electron chi connectivity index (χ0n) is 23.9. The molecule has 2 aromatic rings. The molecule has 0 saturated carbocycles. The van der Waals surface area contributed by atoms with Crippen molar-refractivity contribution in [2.75, 3.05) is 43.9 Å². The highest BCUT2D eigenvalue weighted by Crippen LogP contribution is 2.59. The van der Waals surface area contributed by atoms with Crippen LogP contribution in [-0.4, -0.2) is 77.7 Å². The van der Waals surface area contributed by atoms with E-state index in [4.69, 9.17) is 4.74 Å². The largest absolute Gasteiger partial charge is 0.506 e. The van der Waals surface area contributed by atoms with Gasteiger partial charge in [-0.2, -0.15) is 0 Å². The molecule has 0 radical (unpaired) electrons. The SMILES string of the molecule is CC(C)CC[C@@]1(C)C(=O)C(C2=NS(O)(O)c3c(CNS(=O)(=O)CCN4CCOCC4)csc3N2)=C(O)c2ccccc21. The summed E-state index contributed by atoms with van der Waals surface area (Å²) in [7, 11) is -7.47. The van der Waals surface area contributed by atoms with Crippen LogP contribution in [0.5, 0.6) is 0 Å². The molecular formula is C28H38N4O7S3. The van der Waals surface area contributed by atoms with Crippen LogP contribution in [0.4, 0.5) is 5.00 Å². The van der Waals surface area contributed by atoms with Crippen LogP contribution in [0.2, 0.25) is 0 Å². The van der Waals surface area contributed by atoms with E-state index in [0.717, 1.165) is 23.3 Å². The molecule has 1 atom stereocenters. The molecule has 1 aromatic carbocycles. The van der Waals surface area contributed by atoms with Crippen molar-refractivity contribution in [2.45, 2.75) is 50.5 Å².